The first kappa shape index (κ1) is 13.8. The molecule has 1 aliphatic rings. The third-order valence-corrected chi connectivity index (χ3v) is 4.18. The fraction of sp³-hybridized carbons (Fsp3) is 0.0952. The van der Waals surface area contributed by atoms with Crippen molar-refractivity contribution in [1.29, 1.82) is 0 Å². The van der Waals surface area contributed by atoms with Gasteiger partial charge in [0.25, 0.3) is 0 Å². The number of aryl methyl sites for hydroxylation is 1. The second-order valence-corrected chi connectivity index (χ2v) is 5.93. The molecular weight excluding hydrogens is 280 g/mol. The Morgan fingerprint density at radius 2 is 1.74 bits per heavy atom. The summed E-state index contributed by atoms with van der Waals surface area (Å²) < 4.78 is 2.04. The van der Waals surface area contributed by atoms with Gasteiger partial charge in [-0.25, -0.2) is 4.68 Å². The Kier molecular flexibility index (Phi) is 3.43. The summed E-state index contributed by atoms with van der Waals surface area (Å²) in [4.78, 5) is 0. The average Bonchev–Trinajstić information content (AvgIpc) is 3.01. The number of rotatable bonds is 2. The van der Waals surface area contributed by atoms with Crippen molar-refractivity contribution in [2.24, 2.45) is 0 Å². The smallest absolute Gasteiger partial charge is 0.0649 e. The zero-order valence-electron chi connectivity index (χ0n) is 13.1. The Hall–Kier alpha value is -2.87. The molecule has 0 spiro atoms. The molecule has 0 unspecified atom stereocenters. The van der Waals surface area contributed by atoms with Crippen LogP contribution in [0.5, 0.6) is 0 Å². The van der Waals surface area contributed by atoms with Crippen molar-refractivity contribution in [1.82, 2.24) is 9.78 Å². The van der Waals surface area contributed by atoms with Crippen molar-refractivity contribution in [3.8, 4) is 5.69 Å². The van der Waals surface area contributed by atoms with Crippen molar-refractivity contribution >= 4 is 12.2 Å². The third-order valence-electron chi connectivity index (χ3n) is 4.18. The van der Waals surface area contributed by atoms with Crippen molar-refractivity contribution in [3.63, 3.8) is 0 Å². The monoisotopic (exact) mass is 298 g/mol. The average molecular weight is 298 g/mol. The molecule has 1 aliphatic carbocycles. The molecule has 0 N–H and O–H groups in total. The number of hydrogen-bond donors (Lipinski definition) is 0. The van der Waals surface area contributed by atoms with E-state index in [-0.39, 0.29) is 0 Å². The SMILES string of the molecule is Cc1ccc(C=C2C=Cc3cnn(-c4ccccc4)c3C2)cc1. The minimum absolute atomic E-state index is 0.897. The molecule has 0 saturated carbocycles. The van der Waals surface area contributed by atoms with Gasteiger partial charge in [0.1, 0.15) is 0 Å². The minimum Gasteiger partial charge on any atom is -0.237 e. The van der Waals surface area contributed by atoms with E-state index < -0.39 is 0 Å². The molecule has 0 saturated heterocycles. The van der Waals surface area contributed by atoms with Gasteiger partial charge in [-0.15, -0.1) is 0 Å². The lowest BCUT2D eigenvalue weighted by Crippen LogP contribution is -2.05. The van der Waals surface area contributed by atoms with Gasteiger partial charge in [-0.2, -0.15) is 5.10 Å². The van der Waals surface area contributed by atoms with Gasteiger partial charge in [0, 0.05) is 12.0 Å². The van der Waals surface area contributed by atoms with Crippen LogP contribution < -0.4 is 0 Å². The zero-order valence-corrected chi connectivity index (χ0v) is 13.1. The topological polar surface area (TPSA) is 17.8 Å². The van der Waals surface area contributed by atoms with E-state index in [1.165, 1.54) is 28.0 Å². The van der Waals surface area contributed by atoms with Crippen LogP contribution in [0.2, 0.25) is 0 Å². The molecule has 112 valence electrons. The third kappa shape index (κ3) is 2.76. The molecule has 4 rings (SSSR count). The van der Waals surface area contributed by atoms with Crippen LogP contribution in [0, 0.1) is 6.92 Å². The van der Waals surface area contributed by atoms with Gasteiger partial charge in [-0.3, -0.25) is 0 Å². The number of fused-ring (bicyclic) bond motifs is 1. The Morgan fingerprint density at radius 1 is 0.957 bits per heavy atom. The maximum atomic E-state index is 4.56. The van der Waals surface area contributed by atoms with Crippen molar-refractivity contribution in [2.75, 3.05) is 0 Å². The van der Waals surface area contributed by atoms with Crippen LogP contribution >= 0.6 is 0 Å². The van der Waals surface area contributed by atoms with Gasteiger partial charge >= 0.3 is 0 Å². The first-order valence-electron chi connectivity index (χ1n) is 7.87. The lowest BCUT2D eigenvalue weighted by molar-refractivity contribution is 0.823. The van der Waals surface area contributed by atoms with Gasteiger partial charge in [0.15, 0.2) is 0 Å². The minimum atomic E-state index is 0.897. The molecular formula is C21H18N2. The van der Waals surface area contributed by atoms with Crippen LogP contribution in [0.1, 0.15) is 22.4 Å². The highest BCUT2D eigenvalue weighted by molar-refractivity contribution is 5.67. The largest absolute Gasteiger partial charge is 0.237 e. The molecule has 1 aromatic heterocycles. The molecule has 23 heavy (non-hydrogen) atoms. The maximum Gasteiger partial charge on any atom is 0.0649 e. The quantitative estimate of drug-likeness (QED) is 0.662. The van der Waals surface area contributed by atoms with E-state index in [0.29, 0.717) is 0 Å². The predicted molar refractivity (Wildman–Crippen MR) is 95.5 cm³/mol. The van der Waals surface area contributed by atoms with Crippen molar-refractivity contribution < 1.29 is 0 Å². The van der Waals surface area contributed by atoms with Crippen molar-refractivity contribution in [3.05, 3.63) is 94.8 Å². The summed E-state index contributed by atoms with van der Waals surface area (Å²) in [6.07, 6.45) is 9.45. The first-order chi connectivity index (χ1) is 11.3. The van der Waals surface area contributed by atoms with Crippen LogP contribution in [-0.2, 0) is 6.42 Å². The number of benzene rings is 2. The van der Waals surface area contributed by atoms with E-state index in [0.717, 1.165) is 12.1 Å². The highest BCUT2D eigenvalue weighted by Crippen LogP contribution is 2.26. The van der Waals surface area contributed by atoms with E-state index in [9.17, 15) is 0 Å². The Labute approximate surface area is 136 Å². The van der Waals surface area contributed by atoms with E-state index in [4.69, 9.17) is 0 Å². The summed E-state index contributed by atoms with van der Waals surface area (Å²) in [7, 11) is 0. The second kappa shape index (κ2) is 5.73. The van der Waals surface area contributed by atoms with E-state index in [1.807, 2.05) is 29.1 Å². The Morgan fingerprint density at radius 3 is 2.52 bits per heavy atom. The summed E-state index contributed by atoms with van der Waals surface area (Å²) in [6, 6.07) is 18.9. The fourth-order valence-corrected chi connectivity index (χ4v) is 2.92. The van der Waals surface area contributed by atoms with Crippen LogP contribution in [-0.4, -0.2) is 9.78 Å². The lowest BCUT2D eigenvalue weighted by atomic mass is 9.98. The number of para-hydroxylation sites is 1. The number of aromatic nitrogens is 2. The number of allylic oxidation sites excluding steroid dienone is 2. The summed E-state index contributed by atoms with van der Waals surface area (Å²) >= 11 is 0. The van der Waals surface area contributed by atoms with E-state index in [2.05, 4.69) is 66.6 Å². The van der Waals surface area contributed by atoms with Crippen LogP contribution in [0.15, 0.2) is 72.4 Å². The molecule has 0 bridgehead atoms. The molecule has 3 aromatic rings. The van der Waals surface area contributed by atoms with E-state index >= 15 is 0 Å². The molecule has 2 heteroatoms. The fourth-order valence-electron chi connectivity index (χ4n) is 2.92. The van der Waals surface area contributed by atoms with Gasteiger partial charge in [0.05, 0.1) is 17.6 Å². The van der Waals surface area contributed by atoms with Gasteiger partial charge < -0.3 is 0 Å². The molecule has 2 aromatic carbocycles. The molecule has 0 fully saturated rings. The molecule has 0 radical (unpaired) electrons. The van der Waals surface area contributed by atoms with Crippen LogP contribution in [0.4, 0.5) is 0 Å². The first-order valence-corrected chi connectivity index (χ1v) is 7.87. The van der Waals surface area contributed by atoms with Gasteiger partial charge in [-0.1, -0.05) is 66.3 Å². The standard InChI is InChI=1S/C21H18N2/c1-16-7-9-17(10-8-16)13-18-11-12-19-15-22-23(21(19)14-18)20-5-3-2-4-6-20/h2-13,15H,14H2,1H3. The molecule has 1 heterocycles. The normalized spacial score (nSPS) is 14.9. The predicted octanol–water partition coefficient (Wildman–Crippen LogP) is 4.83. The zero-order chi connectivity index (χ0) is 15.6. The molecule has 2 nitrogen and oxygen atoms in total. The van der Waals surface area contributed by atoms with Crippen LogP contribution in [0.3, 0.4) is 0 Å². The summed E-state index contributed by atoms with van der Waals surface area (Å²) in [5.41, 5.74) is 7.39. The van der Waals surface area contributed by atoms with Crippen LogP contribution in [0.25, 0.3) is 17.8 Å². The second-order valence-electron chi connectivity index (χ2n) is 5.93. The maximum absolute atomic E-state index is 4.56. The Bertz CT molecular complexity index is 881. The molecule has 0 amide bonds. The lowest BCUT2D eigenvalue weighted by Gasteiger charge is -2.13. The van der Waals surface area contributed by atoms with Crippen molar-refractivity contribution in [2.45, 2.75) is 13.3 Å². The highest BCUT2D eigenvalue weighted by atomic mass is 15.3. The number of hydrogen-bond acceptors (Lipinski definition) is 1. The van der Waals surface area contributed by atoms with Gasteiger partial charge in [0.2, 0.25) is 0 Å². The van der Waals surface area contributed by atoms with E-state index in [1.54, 1.807) is 0 Å². The molecule has 0 aliphatic heterocycles. The van der Waals surface area contributed by atoms with Gasteiger partial charge in [-0.05, 0) is 30.2 Å². The number of nitrogens with zero attached hydrogens (tertiary/aromatic N) is 2. The Balaban J connectivity index is 1.69. The highest BCUT2D eigenvalue weighted by Gasteiger charge is 2.15. The summed E-state index contributed by atoms with van der Waals surface area (Å²) in [6.45, 7) is 2.11. The summed E-state index contributed by atoms with van der Waals surface area (Å²) in [5, 5.41) is 4.56. The summed E-state index contributed by atoms with van der Waals surface area (Å²) in [5.74, 6) is 0. The molecule has 0 atom stereocenters.